The van der Waals surface area contributed by atoms with Crippen molar-refractivity contribution < 1.29 is 4.74 Å². The van der Waals surface area contributed by atoms with Gasteiger partial charge in [0.15, 0.2) is 11.8 Å². The van der Waals surface area contributed by atoms with Gasteiger partial charge in [0.25, 0.3) is 0 Å². The third-order valence-corrected chi connectivity index (χ3v) is 5.51. The average molecular weight is 510 g/mol. The fourth-order valence-electron chi connectivity index (χ4n) is 4.13. The predicted molar refractivity (Wildman–Crippen MR) is 125 cm³/mol. The Balaban J connectivity index is 0.00000240. The molecular weight excluding hydrogens is 479 g/mol. The summed E-state index contributed by atoms with van der Waals surface area (Å²) in [6.45, 7) is 5.87. The van der Waals surface area contributed by atoms with Crippen LogP contribution in [0.25, 0.3) is 0 Å². The predicted octanol–water partition coefficient (Wildman–Crippen LogP) is 3.59. The lowest BCUT2D eigenvalue weighted by Gasteiger charge is -2.38. The Morgan fingerprint density at radius 3 is 2.90 bits per heavy atom. The van der Waals surface area contributed by atoms with Crippen molar-refractivity contribution in [2.75, 3.05) is 7.05 Å². The van der Waals surface area contributed by atoms with Gasteiger partial charge >= 0.3 is 0 Å². The van der Waals surface area contributed by atoms with Crippen molar-refractivity contribution in [1.82, 2.24) is 25.4 Å². The van der Waals surface area contributed by atoms with Crippen LogP contribution in [0.1, 0.15) is 62.8 Å². The van der Waals surface area contributed by atoms with E-state index >= 15 is 0 Å². The highest BCUT2D eigenvalue weighted by atomic mass is 127. The van der Waals surface area contributed by atoms with E-state index in [1.165, 1.54) is 24.8 Å². The summed E-state index contributed by atoms with van der Waals surface area (Å²) in [5.41, 5.74) is 0.941. The van der Waals surface area contributed by atoms with Gasteiger partial charge in [-0.2, -0.15) is 0 Å². The zero-order valence-corrected chi connectivity index (χ0v) is 19.8. The molecule has 2 aliphatic heterocycles. The SMILES string of the molecule is CN=C(NCc1nnc2n1CCCCC2)NC1CC(C)(C)Oc2ccccc21.I. The Kier molecular flexibility index (Phi) is 7.02. The maximum atomic E-state index is 6.14. The van der Waals surface area contributed by atoms with Crippen LogP contribution in [0, 0.1) is 0 Å². The number of aryl methyl sites for hydroxylation is 1. The van der Waals surface area contributed by atoms with Gasteiger partial charge in [-0.15, -0.1) is 34.2 Å². The van der Waals surface area contributed by atoms with Crippen LogP contribution in [0.5, 0.6) is 5.75 Å². The molecule has 0 radical (unpaired) electrons. The molecule has 0 saturated heterocycles. The topological polar surface area (TPSA) is 76.4 Å². The summed E-state index contributed by atoms with van der Waals surface area (Å²) in [5, 5.41) is 15.8. The van der Waals surface area contributed by atoms with E-state index in [2.05, 4.69) is 56.4 Å². The van der Waals surface area contributed by atoms with E-state index in [1.54, 1.807) is 7.05 Å². The first kappa shape index (κ1) is 21.9. The number of rotatable bonds is 3. The van der Waals surface area contributed by atoms with Crippen LogP contribution in [0.2, 0.25) is 0 Å². The lowest BCUT2D eigenvalue weighted by atomic mass is 9.90. The molecule has 158 valence electrons. The Morgan fingerprint density at radius 1 is 1.24 bits per heavy atom. The summed E-state index contributed by atoms with van der Waals surface area (Å²) in [6, 6.07) is 8.36. The van der Waals surface area contributed by atoms with Gasteiger partial charge in [0.05, 0.1) is 12.6 Å². The first-order chi connectivity index (χ1) is 13.6. The number of hydrogen-bond acceptors (Lipinski definition) is 4. The normalized spacial score (nSPS) is 20.4. The summed E-state index contributed by atoms with van der Waals surface area (Å²) >= 11 is 0. The minimum Gasteiger partial charge on any atom is -0.487 e. The molecular formula is C21H31IN6O. The van der Waals surface area contributed by atoms with Gasteiger partial charge in [-0.1, -0.05) is 24.6 Å². The Labute approximate surface area is 189 Å². The van der Waals surface area contributed by atoms with Crippen LogP contribution in [0.3, 0.4) is 0 Å². The largest absolute Gasteiger partial charge is 0.487 e. The van der Waals surface area contributed by atoms with Gasteiger partial charge in [-0.05, 0) is 32.8 Å². The molecule has 4 rings (SSSR count). The molecule has 0 aliphatic carbocycles. The highest BCUT2D eigenvalue weighted by molar-refractivity contribution is 14.0. The Morgan fingerprint density at radius 2 is 2.07 bits per heavy atom. The number of para-hydroxylation sites is 1. The monoisotopic (exact) mass is 510 g/mol. The number of ether oxygens (including phenoxy) is 1. The summed E-state index contributed by atoms with van der Waals surface area (Å²) < 4.78 is 8.40. The molecule has 1 atom stereocenters. The van der Waals surface area contributed by atoms with Crippen molar-refractivity contribution in [3.63, 3.8) is 0 Å². The van der Waals surface area contributed by atoms with E-state index in [0.29, 0.717) is 6.54 Å². The van der Waals surface area contributed by atoms with E-state index in [4.69, 9.17) is 4.74 Å². The van der Waals surface area contributed by atoms with Crippen LogP contribution in [-0.4, -0.2) is 33.4 Å². The second-order valence-electron chi connectivity index (χ2n) is 8.22. The third kappa shape index (κ3) is 5.02. The van der Waals surface area contributed by atoms with Crippen molar-refractivity contribution in [3.8, 4) is 5.75 Å². The molecule has 0 bridgehead atoms. The van der Waals surface area contributed by atoms with E-state index in [0.717, 1.165) is 42.7 Å². The number of guanidine groups is 1. The number of aliphatic imine (C=N–C) groups is 1. The quantitative estimate of drug-likeness (QED) is 0.375. The van der Waals surface area contributed by atoms with Crippen molar-refractivity contribution in [1.29, 1.82) is 0 Å². The third-order valence-electron chi connectivity index (χ3n) is 5.51. The lowest BCUT2D eigenvalue weighted by molar-refractivity contribution is 0.0694. The first-order valence-electron chi connectivity index (χ1n) is 10.2. The Hall–Kier alpha value is -1.84. The van der Waals surface area contributed by atoms with Crippen LogP contribution >= 0.6 is 24.0 Å². The minimum absolute atomic E-state index is 0. The van der Waals surface area contributed by atoms with Gasteiger partial charge < -0.3 is 19.9 Å². The standard InChI is InChI=1S/C21H30N6O.HI/c1-21(2)13-16(15-9-6-7-10-17(15)28-21)24-20(22-3)23-14-19-26-25-18-11-5-4-8-12-27(18)19;/h6-7,9-10,16H,4-5,8,11-14H2,1-3H3,(H2,22,23,24);1H. The van der Waals surface area contributed by atoms with Gasteiger partial charge in [0.2, 0.25) is 0 Å². The lowest BCUT2D eigenvalue weighted by Crippen LogP contribution is -2.45. The number of aromatic nitrogens is 3. The number of fused-ring (bicyclic) bond motifs is 2. The molecule has 29 heavy (non-hydrogen) atoms. The smallest absolute Gasteiger partial charge is 0.191 e. The summed E-state index contributed by atoms with van der Waals surface area (Å²) in [5.74, 6) is 3.79. The fourth-order valence-corrected chi connectivity index (χ4v) is 4.13. The van der Waals surface area contributed by atoms with Crippen molar-refractivity contribution >= 4 is 29.9 Å². The molecule has 7 nitrogen and oxygen atoms in total. The molecule has 0 spiro atoms. The number of benzene rings is 1. The van der Waals surface area contributed by atoms with E-state index in [1.807, 2.05) is 12.1 Å². The fraction of sp³-hybridized carbons (Fsp3) is 0.571. The number of nitrogens with one attached hydrogen (secondary N) is 2. The summed E-state index contributed by atoms with van der Waals surface area (Å²) in [7, 11) is 1.80. The molecule has 1 aromatic heterocycles. The van der Waals surface area contributed by atoms with Crippen molar-refractivity contribution in [2.24, 2.45) is 4.99 Å². The molecule has 0 fully saturated rings. The number of halogens is 1. The highest BCUT2D eigenvalue weighted by Gasteiger charge is 2.34. The molecule has 2 aromatic rings. The van der Waals surface area contributed by atoms with E-state index in [-0.39, 0.29) is 35.6 Å². The van der Waals surface area contributed by atoms with Gasteiger partial charge in [-0.25, -0.2) is 0 Å². The van der Waals surface area contributed by atoms with Crippen molar-refractivity contribution in [2.45, 2.75) is 70.7 Å². The molecule has 2 N–H and O–H groups in total. The second kappa shape index (κ2) is 9.32. The highest BCUT2D eigenvalue weighted by Crippen LogP contribution is 2.39. The van der Waals surface area contributed by atoms with Gasteiger partial charge in [0, 0.05) is 32.0 Å². The molecule has 1 unspecified atom stereocenters. The maximum absolute atomic E-state index is 6.14. The first-order valence-corrected chi connectivity index (χ1v) is 10.2. The molecule has 2 aliphatic rings. The number of hydrogen-bond donors (Lipinski definition) is 2. The molecule has 1 aromatic carbocycles. The van der Waals surface area contributed by atoms with Gasteiger partial charge in [0.1, 0.15) is 17.2 Å². The van der Waals surface area contributed by atoms with Gasteiger partial charge in [-0.3, -0.25) is 4.99 Å². The second-order valence-corrected chi connectivity index (χ2v) is 8.22. The zero-order chi connectivity index (χ0) is 19.6. The minimum atomic E-state index is -0.227. The summed E-state index contributed by atoms with van der Waals surface area (Å²) in [4.78, 5) is 4.43. The van der Waals surface area contributed by atoms with Crippen LogP contribution < -0.4 is 15.4 Å². The average Bonchev–Trinajstić information content (AvgIpc) is 2.90. The molecule has 8 heteroatoms. The van der Waals surface area contributed by atoms with Crippen LogP contribution in [0.15, 0.2) is 29.3 Å². The molecule has 3 heterocycles. The Bertz CT molecular complexity index is 863. The van der Waals surface area contributed by atoms with Crippen LogP contribution in [0.4, 0.5) is 0 Å². The van der Waals surface area contributed by atoms with Crippen molar-refractivity contribution in [3.05, 3.63) is 41.5 Å². The molecule has 0 amide bonds. The molecule has 0 saturated carbocycles. The van der Waals surface area contributed by atoms with Crippen LogP contribution in [-0.2, 0) is 19.5 Å². The van der Waals surface area contributed by atoms with E-state index < -0.39 is 0 Å². The van der Waals surface area contributed by atoms with E-state index in [9.17, 15) is 0 Å². The summed E-state index contributed by atoms with van der Waals surface area (Å²) in [6.07, 6.45) is 5.55. The zero-order valence-electron chi connectivity index (χ0n) is 17.4. The maximum Gasteiger partial charge on any atom is 0.191 e. The number of nitrogens with zero attached hydrogens (tertiary/aromatic N) is 4.